The van der Waals surface area contributed by atoms with Crippen molar-refractivity contribution in [3.63, 3.8) is 0 Å². The van der Waals surface area contributed by atoms with E-state index < -0.39 is 40.9 Å². The average molecular weight is 865 g/mol. The molecule has 3 aliphatic heterocycles. The van der Waals surface area contributed by atoms with Gasteiger partial charge < -0.3 is 39.3 Å². The van der Waals surface area contributed by atoms with Crippen molar-refractivity contribution in [2.45, 2.75) is 84.2 Å². The highest BCUT2D eigenvalue weighted by atomic mass is 127. The second kappa shape index (κ2) is 16.5. The van der Waals surface area contributed by atoms with E-state index in [4.69, 9.17) is 23.8 Å². The van der Waals surface area contributed by atoms with Crippen molar-refractivity contribution in [2.24, 2.45) is 10.6 Å². The van der Waals surface area contributed by atoms with Crippen LogP contribution in [0.15, 0.2) is 41.7 Å². The molecule has 2 aromatic carbocycles. The molecular weight excluding hydrogens is 817 g/mol. The van der Waals surface area contributed by atoms with Crippen LogP contribution in [0.4, 0.5) is 8.78 Å². The molecule has 3 aliphatic rings. The lowest BCUT2D eigenvalue weighted by Gasteiger charge is -2.47. The summed E-state index contributed by atoms with van der Waals surface area (Å²) in [5.41, 5.74) is 0.504. The maximum absolute atomic E-state index is 15.0. The highest BCUT2D eigenvalue weighted by Crippen LogP contribution is 2.46. The third-order valence-electron chi connectivity index (χ3n) is 10.4. The number of likely N-dealkylation sites (tertiary alicyclic amines) is 1. The number of nitrogens with one attached hydrogen (secondary N) is 1. The third-order valence-corrected chi connectivity index (χ3v) is 11.5. The van der Waals surface area contributed by atoms with Crippen LogP contribution in [0.1, 0.15) is 71.2 Å². The lowest BCUT2D eigenvalue weighted by atomic mass is 9.72. The molecule has 54 heavy (non-hydrogen) atoms. The zero-order valence-corrected chi connectivity index (χ0v) is 33.2. The number of carboxylic acid groups (broad SMARTS) is 1. The van der Waals surface area contributed by atoms with Crippen molar-refractivity contribution >= 4 is 34.3 Å². The molecule has 0 amide bonds. The Kier molecular flexibility index (Phi) is 12.2. The first-order valence-corrected chi connectivity index (χ1v) is 19.4. The molecule has 5 atom stereocenters. The monoisotopic (exact) mass is 864 g/mol. The van der Waals surface area contributed by atoms with Gasteiger partial charge in [-0.05, 0) is 106 Å². The van der Waals surface area contributed by atoms with E-state index in [1.807, 2.05) is 44.7 Å². The minimum absolute atomic E-state index is 0.0775. The molecule has 292 valence electrons. The van der Waals surface area contributed by atoms with Crippen molar-refractivity contribution in [2.75, 3.05) is 39.5 Å². The number of aromatic nitrogens is 1. The number of rotatable bonds is 15. The predicted octanol–water partition coefficient (Wildman–Crippen LogP) is 6.50. The average Bonchev–Trinajstić information content (AvgIpc) is 3.61. The SMILES string of the molecule is CCOc1cc(C(O)N2CCC(C)(C(=O)O)CC2C2=NOC3(CNC3Cc3cc(OCC)c(-c4ncc(F)cc4F)c(OCC)c3)C2)cc(OCC)c1I. The fourth-order valence-electron chi connectivity index (χ4n) is 7.51. The number of aliphatic hydroxyl groups is 1. The van der Waals surface area contributed by atoms with Gasteiger partial charge in [-0.3, -0.25) is 9.69 Å². The van der Waals surface area contributed by atoms with Gasteiger partial charge in [-0.25, -0.2) is 13.8 Å². The second-order valence-electron chi connectivity index (χ2n) is 14.0. The third kappa shape index (κ3) is 7.82. The van der Waals surface area contributed by atoms with Crippen LogP contribution in [0.3, 0.4) is 0 Å². The molecule has 15 heteroatoms. The Bertz CT molecular complexity index is 1850. The van der Waals surface area contributed by atoms with E-state index in [-0.39, 0.29) is 31.4 Å². The molecule has 12 nitrogen and oxygen atoms in total. The molecule has 0 saturated carbocycles. The van der Waals surface area contributed by atoms with E-state index in [9.17, 15) is 19.4 Å². The van der Waals surface area contributed by atoms with Crippen LogP contribution in [0.5, 0.6) is 23.0 Å². The van der Waals surface area contributed by atoms with Crippen LogP contribution < -0.4 is 24.3 Å². The number of ether oxygens (including phenoxy) is 4. The molecule has 3 aromatic rings. The second-order valence-corrected chi connectivity index (χ2v) is 15.1. The lowest BCUT2D eigenvalue weighted by molar-refractivity contribution is -0.154. The summed E-state index contributed by atoms with van der Waals surface area (Å²) in [5, 5.41) is 30.3. The topological polar surface area (TPSA) is 144 Å². The van der Waals surface area contributed by atoms with Gasteiger partial charge in [0.15, 0.2) is 11.4 Å². The number of nitrogens with zero attached hydrogens (tertiary/aromatic N) is 3. The van der Waals surface area contributed by atoms with Gasteiger partial charge in [0.2, 0.25) is 0 Å². The van der Waals surface area contributed by atoms with E-state index >= 15 is 4.39 Å². The van der Waals surface area contributed by atoms with Crippen LogP contribution in [-0.4, -0.2) is 89.0 Å². The fourth-order valence-corrected chi connectivity index (χ4v) is 8.13. The lowest BCUT2D eigenvalue weighted by Crippen LogP contribution is -2.69. The van der Waals surface area contributed by atoms with Crippen molar-refractivity contribution in [3.8, 4) is 34.3 Å². The van der Waals surface area contributed by atoms with Gasteiger partial charge in [-0.1, -0.05) is 5.16 Å². The van der Waals surface area contributed by atoms with Gasteiger partial charge >= 0.3 is 5.97 Å². The number of halogens is 3. The first-order chi connectivity index (χ1) is 25.9. The summed E-state index contributed by atoms with van der Waals surface area (Å²) in [7, 11) is 0. The number of carboxylic acids is 1. The molecule has 3 N–H and O–H groups in total. The quantitative estimate of drug-likeness (QED) is 0.144. The predicted molar refractivity (Wildman–Crippen MR) is 205 cm³/mol. The van der Waals surface area contributed by atoms with Gasteiger partial charge in [0.05, 0.1) is 65.0 Å². The highest BCUT2D eigenvalue weighted by molar-refractivity contribution is 14.1. The molecule has 0 radical (unpaired) electrons. The van der Waals surface area contributed by atoms with Crippen LogP contribution in [0.25, 0.3) is 11.3 Å². The zero-order chi connectivity index (χ0) is 38.8. The van der Waals surface area contributed by atoms with Gasteiger partial charge in [-0.2, -0.15) is 0 Å². The van der Waals surface area contributed by atoms with Crippen molar-refractivity contribution < 1.29 is 47.6 Å². The summed E-state index contributed by atoms with van der Waals surface area (Å²) in [4.78, 5) is 24.7. The van der Waals surface area contributed by atoms with Gasteiger partial charge in [0.1, 0.15) is 40.7 Å². The Morgan fingerprint density at radius 2 is 1.63 bits per heavy atom. The molecular formula is C39H47F2IN4O8. The number of oxime groups is 1. The smallest absolute Gasteiger partial charge is 0.309 e. The fraction of sp³-hybridized carbons (Fsp3) is 0.513. The summed E-state index contributed by atoms with van der Waals surface area (Å²) < 4.78 is 53.3. The number of piperidine rings is 1. The Morgan fingerprint density at radius 3 is 2.17 bits per heavy atom. The molecule has 1 aromatic heterocycles. The number of aliphatic hydroxyl groups excluding tert-OH is 1. The van der Waals surface area contributed by atoms with Gasteiger partial charge in [0, 0.05) is 31.1 Å². The first kappa shape index (κ1) is 39.9. The Labute approximate surface area is 327 Å². The molecule has 5 unspecified atom stereocenters. The normalized spacial score (nSPS) is 24.4. The van der Waals surface area contributed by atoms with Crippen LogP contribution >= 0.6 is 22.6 Å². The summed E-state index contributed by atoms with van der Waals surface area (Å²) in [5.74, 6) is -0.631. The molecule has 4 heterocycles. The Morgan fingerprint density at radius 1 is 1.02 bits per heavy atom. The molecule has 2 fully saturated rings. The maximum Gasteiger partial charge on any atom is 0.309 e. The van der Waals surface area contributed by atoms with E-state index in [0.29, 0.717) is 85.4 Å². The van der Waals surface area contributed by atoms with Crippen LogP contribution in [-0.2, 0) is 16.1 Å². The van der Waals surface area contributed by atoms with E-state index in [1.54, 1.807) is 19.1 Å². The molecule has 0 bridgehead atoms. The van der Waals surface area contributed by atoms with Crippen molar-refractivity contribution in [3.05, 3.63) is 62.9 Å². The van der Waals surface area contributed by atoms with Crippen LogP contribution in [0, 0.1) is 20.6 Å². The van der Waals surface area contributed by atoms with Gasteiger partial charge in [-0.15, -0.1) is 0 Å². The number of benzene rings is 2. The maximum atomic E-state index is 15.0. The highest BCUT2D eigenvalue weighted by Gasteiger charge is 2.56. The van der Waals surface area contributed by atoms with Crippen molar-refractivity contribution in [1.29, 1.82) is 0 Å². The molecule has 2 saturated heterocycles. The number of pyridine rings is 1. The summed E-state index contributed by atoms with van der Waals surface area (Å²) in [6, 6.07) is 7.26. The van der Waals surface area contributed by atoms with E-state index in [0.717, 1.165) is 21.4 Å². The first-order valence-electron chi connectivity index (χ1n) is 18.3. The summed E-state index contributed by atoms with van der Waals surface area (Å²) >= 11 is 2.17. The number of aliphatic carboxylic acids is 1. The van der Waals surface area contributed by atoms with Gasteiger partial charge in [0.25, 0.3) is 0 Å². The molecule has 1 spiro atoms. The number of carbonyl (C=O) groups is 1. The minimum atomic E-state index is -1.11. The van der Waals surface area contributed by atoms with E-state index in [2.05, 4.69) is 38.0 Å². The Hall–Kier alpha value is -3.80. The van der Waals surface area contributed by atoms with E-state index in [1.165, 1.54) is 0 Å². The Balaban J connectivity index is 1.28. The summed E-state index contributed by atoms with van der Waals surface area (Å²) in [6.45, 7) is 11.4. The largest absolute Gasteiger partial charge is 0.493 e. The minimum Gasteiger partial charge on any atom is -0.493 e. The summed E-state index contributed by atoms with van der Waals surface area (Å²) in [6.07, 6.45) is 1.28. The number of hydrogen-bond donors (Lipinski definition) is 3. The molecule has 6 rings (SSSR count). The number of hydrogen-bond acceptors (Lipinski definition) is 11. The van der Waals surface area contributed by atoms with Crippen LogP contribution in [0.2, 0.25) is 0 Å². The molecule has 0 aliphatic carbocycles. The van der Waals surface area contributed by atoms with Crippen molar-refractivity contribution in [1.82, 2.24) is 15.2 Å². The zero-order valence-electron chi connectivity index (χ0n) is 31.1. The standard InChI is InChI=1S/C39H47F2IN4O8/c1-6-50-28-12-22(13-29(51-7-2)33(28)35-25(41)17-24(40)20-43-35)14-32-39(21-44-32)18-26(45-54-39)27-19-38(5,37(48)49)10-11-46(27)36(47)23-15-30(52-8-3)34(42)31(16-23)53-9-4/h12-13,15-17,20,27,32,36,44,47H,6-11,14,18-19,21H2,1-5H3,(H,48,49).